The summed E-state index contributed by atoms with van der Waals surface area (Å²) in [5.74, 6) is -1.21. The number of benzene rings is 3. The number of aryl methyl sites for hydroxylation is 1. The quantitative estimate of drug-likeness (QED) is 0.405. The fourth-order valence-corrected chi connectivity index (χ4v) is 6.27. The van der Waals surface area contributed by atoms with Gasteiger partial charge in [-0.25, -0.2) is 13.2 Å². The monoisotopic (exact) mass is 579 g/mol. The number of nitrogens with one attached hydrogen (secondary N) is 1. The van der Waals surface area contributed by atoms with Crippen molar-refractivity contribution in [3.05, 3.63) is 77.9 Å². The molecule has 0 atom stereocenters. The molecule has 0 aromatic heterocycles. The summed E-state index contributed by atoms with van der Waals surface area (Å²) in [6.45, 7) is 4.82. The minimum atomic E-state index is -3.79. The van der Waals surface area contributed by atoms with Gasteiger partial charge < -0.3 is 24.4 Å². The Labute approximate surface area is 239 Å². The van der Waals surface area contributed by atoms with Crippen molar-refractivity contribution < 1.29 is 32.2 Å². The van der Waals surface area contributed by atoms with E-state index in [4.69, 9.17) is 14.2 Å². The summed E-state index contributed by atoms with van der Waals surface area (Å²) in [6, 6.07) is 19.6. The molecule has 2 fully saturated rings. The normalized spacial score (nSPS) is 16.3. The predicted molar refractivity (Wildman–Crippen MR) is 155 cm³/mol. The molecular weight excluding hydrogens is 546 g/mol. The van der Waals surface area contributed by atoms with E-state index in [0.29, 0.717) is 62.0 Å². The van der Waals surface area contributed by atoms with Crippen molar-refractivity contribution >= 4 is 33.3 Å². The molecule has 41 heavy (non-hydrogen) atoms. The number of sulfonamides is 1. The summed E-state index contributed by atoms with van der Waals surface area (Å²) >= 11 is 0. The molecule has 0 bridgehead atoms. The van der Waals surface area contributed by atoms with Crippen LogP contribution >= 0.6 is 0 Å². The molecule has 1 amide bonds. The van der Waals surface area contributed by atoms with Crippen molar-refractivity contribution in [2.45, 2.75) is 11.8 Å². The van der Waals surface area contributed by atoms with Gasteiger partial charge in [-0.3, -0.25) is 4.79 Å². The van der Waals surface area contributed by atoms with Crippen molar-refractivity contribution in [2.75, 3.05) is 69.4 Å². The van der Waals surface area contributed by atoms with Gasteiger partial charge in [-0.15, -0.1) is 0 Å². The summed E-state index contributed by atoms with van der Waals surface area (Å²) in [4.78, 5) is 28.1. The Morgan fingerprint density at radius 1 is 0.878 bits per heavy atom. The first-order valence-corrected chi connectivity index (χ1v) is 14.9. The number of carbonyl (C=O) groups is 2. The molecule has 0 spiro atoms. The molecule has 2 saturated heterocycles. The highest BCUT2D eigenvalue weighted by Crippen LogP contribution is 2.31. The molecule has 2 aliphatic heterocycles. The lowest BCUT2D eigenvalue weighted by Gasteiger charge is -2.31. The first-order chi connectivity index (χ1) is 19.8. The number of nitrogens with zero attached hydrogens (tertiary/aromatic N) is 2. The van der Waals surface area contributed by atoms with E-state index in [1.807, 2.05) is 48.2 Å². The lowest BCUT2D eigenvalue weighted by atomic mass is 9.99. The van der Waals surface area contributed by atoms with Gasteiger partial charge in [0.15, 0.2) is 6.61 Å². The van der Waals surface area contributed by atoms with Crippen LogP contribution in [0.5, 0.6) is 0 Å². The zero-order valence-electron chi connectivity index (χ0n) is 22.9. The van der Waals surface area contributed by atoms with E-state index < -0.39 is 28.5 Å². The molecule has 5 rings (SSSR count). The second-order valence-corrected chi connectivity index (χ2v) is 11.8. The molecule has 0 saturated carbocycles. The van der Waals surface area contributed by atoms with Gasteiger partial charge in [0.2, 0.25) is 10.0 Å². The third kappa shape index (κ3) is 6.76. The number of hydrogen-bond donors (Lipinski definition) is 1. The van der Waals surface area contributed by atoms with E-state index in [0.717, 1.165) is 11.1 Å². The summed E-state index contributed by atoms with van der Waals surface area (Å²) < 4.78 is 44.1. The van der Waals surface area contributed by atoms with E-state index in [1.54, 1.807) is 24.3 Å². The zero-order chi connectivity index (χ0) is 28.8. The summed E-state index contributed by atoms with van der Waals surface area (Å²) in [7, 11) is -3.79. The van der Waals surface area contributed by atoms with Gasteiger partial charge in [-0.2, -0.15) is 4.31 Å². The largest absolute Gasteiger partial charge is 0.452 e. The number of anilines is 2. The zero-order valence-corrected chi connectivity index (χ0v) is 23.7. The lowest BCUT2D eigenvalue weighted by Crippen LogP contribution is -2.40. The number of rotatable bonds is 8. The van der Waals surface area contributed by atoms with Crippen molar-refractivity contribution in [2.24, 2.45) is 0 Å². The topological polar surface area (TPSA) is 114 Å². The van der Waals surface area contributed by atoms with Crippen LogP contribution in [0, 0.1) is 6.92 Å². The van der Waals surface area contributed by atoms with Crippen molar-refractivity contribution in [3.8, 4) is 11.1 Å². The Morgan fingerprint density at radius 3 is 2.24 bits per heavy atom. The maximum Gasteiger partial charge on any atom is 0.339 e. The van der Waals surface area contributed by atoms with Crippen LogP contribution in [0.1, 0.15) is 15.9 Å². The van der Waals surface area contributed by atoms with Crippen LogP contribution in [0.4, 0.5) is 11.4 Å². The third-order valence-electron chi connectivity index (χ3n) is 7.05. The first-order valence-electron chi connectivity index (χ1n) is 13.5. The molecule has 10 nitrogen and oxygen atoms in total. The second-order valence-electron chi connectivity index (χ2n) is 9.83. The molecule has 0 radical (unpaired) electrons. The van der Waals surface area contributed by atoms with Gasteiger partial charge in [0.05, 0.1) is 48.3 Å². The van der Waals surface area contributed by atoms with Gasteiger partial charge in [0.1, 0.15) is 0 Å². The van der Waals surface area contributed by atoms with Gasteiger partial charge in [0.25, 0.3) is 5.91 Å². The van der Waals surface area contributed by atoms with Gasteiger partial charge in [0, 0.05) is 26.2 Å². The molecule has 2 aliphatic rings. The molecule has 0 unspecified atom stereocenters. The lowest BCUT2D eigenvalue weighted by molar-refractivity contribution is -0.119. The predicted octanol–water partition coefficient (Wildman–Crippen LogP) is 3.32. The average Bonchev–Trinajstić information content (AvgIpc) is 3.01. The second kappa shape index (κ2) is 12.8. The highest BCUT2D eigenvalue weighted by molar-refractivity contribution is 7.89. The van der Waals surface area contributed by atoms with Gasteiger partial charge >= 0.3 is 5.97 Å². The minimum absolute atomic E-state index is 0.0655. The van der Waals surface area contributed by atoms with Crippen molar-refractivity contribution in [3.63, 3.8) is 0 Å². The number of morpholine rings is 2. The summed E-state index contributed by atoms with van der Waals surface area (Å²) in [6.07, 6.45) is 0. The average molecular weight is 580 g/mol. The maximum atomic E-state index is 13.3. The smallest absolute Gasteiger partial charge is 0.339 e. The number of ether oxygens (including phenoxy) is 3. The molecule has 11 heteroatoms. The summed E-state index contributed by atoms with van der Waals surface area (Å²) in [5.41, 5.74) is 4.00. The van der Waals surface area contributed by atoms with Crippen LogP contribution in [0.25, 0.3) is 11.1 Å². The number of carbonyl (C=O) groups excluding carboxylic acids is 2. The fraction of sp³-hybridized carbons (Fsp3) is 0.333. The van der Waals surface area contributed by atoms with Gasteiger partial charge in [-0.1, -0.05) is 48.0 Å². The van der Waals surface area contributed by atoms with Crippen LogP contribution in [-0.2, 0) is 29.0 Å². The number of hydrogen-bond acceptors (Lipinski definition) is 8. The minimum Gasteiger partial charge on any atom is -0.452 e. The molecule has 2 heterocycles. The molecule has 0 aliphatic carbocycles. The van der Waals surface area contributed by atoms with Crippen LogP contribution in [0.3, 0.4) is 0 Å². The third-order valence-corrected chi connectivity index (χ3v) is 8.94. The van der Waals surface area contributed by atoms with E-state index >= 15 is 0 Å². The highest BCUT2D eigenvalue weighted by Gasteiger charge is 2.28. The molecule has 3 aromatic rings. The fourth-order valence-electron chi connectivity index (χ4n) is 4.83. The van der Waals surface area contributed by atoms with Crippen molar-refractivity contribution in [1.29, 1.82) is 0 Å². The highest BCUT2D eigenvalue weighted by atomic mass is 32.2. The van der Waals surface area contributed by atoms with Crippen LogP contribution in [-0.4, -0.2) is 83.8 Å². The van der Waals surface area contributed by atoms with Crippen LogP contribution in [0.2, 0.25) is 0 Å². The molecule has 1 N–H and O–H groups in total. The standard InChI is InChI=1S/C30H33N3O7S/c1-22-6-8-23(9-7-22)25-4-2-3-5-26(25)30(35)40-21-29(34)31-27-20-24(41(36,37)33-14-18-39-19-15-33)10-11-28(27)32-12-16-38-17-13-32/h2-11,20H,12-19,21H2,1H3,(H,31,34). The Morgan fingerprint density at radius 2 is 1.54 bits per heavy atom. The van der Waals surface area contributed by atoms with E-state index in [9.17, 15) is 18.0 Å². The first kappa shape index (κ1) is 28.7. The van der Waals surface area contributed by atoms with E-state index in [2.05, 4.69) is 5.32 Å². The van der Waals surface area contributed by atoms with Crippen LogP contribution < -0.4 is 10.2 Å². The van der Waals surface area contributed by atoms with Gasteiger partial charge in [-0.05, 0) is 42.3 Å². The maximum absolute atomic E-state index is 13.3. The molecule has 3 aromatic carbocycles. The Bertz CT molecular complexity index is 1500. The van der Waals surface area contributed by atoms with Crippen LogP contribution in [0.15, 0.2) is 71.6 Å². The SMILES string of the molecule is Cc1ccc(-c2ccccc2C(=O)OCC(=O)Nc2cc(S(=O)(=O)N3CCOCC3)ccc2N2CCOCC2)cc1. The van der Waals surface area contributed by atoms with E-state index in [1.165, 1.54) is 10.4 Å². The van der Waals surface area contributed by atoms with Crippen molar-refractivity contribution in [1.82, 2.24) is 4.31 Å². The molecule has 216 valence electrons. The Kier molecular flexibility index (Phi) is 8.99. The van der Waals surface area contributed by atoms with E-state index in [-0.39, 0.29) is 18.0 Å². The summed E-state index contributed by atoms with van der Waals surface area (Å²) in [5, 5.41) is 2.78. The Balaban J connectivity index is 1.33. The molecular formula is C30H33N3O7S. The number of esters is 1. The Hall–Kier alpha value is -3.77. The number of amides is 1.